The molecular weight excluding hydrogens is 752 g/mol. The quantitative estimate of drug-likeness (QED) is 0.293. The SMILES string of the molecule is Cc1ccc(-c2csc(CNC(=O)[C@H]3CCCN(C(=O)[C-]=Nc4[c-]ccc(Br)c4)[C@H]3C)n2)cn1.[U+2]. The molecule has 1 N–H and O–H groups in total. The number of nitrogens with zero attached hydrogens (tertiary/aromatic N) is 4. The van der Waals surface area contributed by atoms with Crippen LogP contribution in [0.25, 0.3) is 11.3 Å². The Labute approximate surface area is 241 Å². The van der Waals surface area contributed by atoms with Gasteiger partial charge in [0.25, 0.3) is 0 Å². The monoisotopic (exact) mass is 775 g/mol. The molecule has 0 aliphatic carbocycles. The maximum absolute atomic E-state index is 12.9. The molecule has 2 aromatic heterocycles. The number of likely N-dealkylation sites (tertiary alicyclic amines) is 1. The Balaban J connectivity index is 0.00000342. The van der Waals surface area contributed by atoms with E-state index < -0.39 is 0 Å². The van der Waals surface area contributed by atoms with E-state index in [2.05, 4.69) is 48.5 Å². The average Bonchev–Trinajstić information content (AvgIpc) is 3.31. The second-order valence-electron chi connectivity index (χ2n) is 8.14. The topological polar surface area (TPSA) is 87.5 Å². The number of benzene rings is 1. The van der Waals surface area contributed by atoms with Crippen LogP contribution in [0, 0.1) is 50.0 Å². The van der Waals surface area contributed by atoms with Gasteiger partial charge in [0.1, 0.15) is 5.01 Å². The number of halogens is 1. The normalized spacial score (nSPS) is 17.7. The summed E-state index contributed by atoms with van der Waals surface area (Å²) in [5, 5.41) is 5.79. The fourth-order valence-electron chi connectivity index (χ4n) is 3.88. The number of rotatable bonds is 6. The number of piperidine rings is 1. The minimum absolute atomic E-state index is 0. The van der Waals surface area contributed by atoms with Crippen LogP contribution in [-0.2, 0) is 16.1 Å². The first-order valence-electron chi connectivity index (χ1n) is 11.0. The predicted octanol–water partition coefficient (Wildman–Crippen LogP) is 4.60. The van der Waals surface area contributed by atoms with Crippen LogP contribution in [0.15, 0.2) is 51.4 Å². The van der Waals surface area contributed by atoms with Crippen molar-refractivity contribution in [2.45, 2.75) is 39.3 Å². The average molecular weight is 777 g/mol. The summed E-state index contributed by atoms with van der Waals surface area (Å²) in [5.41, 5.74) is 3.27. The number of pyridine rings is 1. The summed E-state index contributed by atoms with van der Waals surface area (Å²) < 4.78 is 0.852. The Morgan fingerprint density at radius 2 is 2.20 bits per heavy atom. The summed E-state index contributed by atoms with van der Waals surface area (Å²) in [6.45, 7) is 4.78. The molecule has 0 saturated carbocycles. The second kappa shape index (κ2) is 12.9. The molecule has 0 radical (unpaired) electrons. The van der Waals surface area contributed by atoms with E-state index in [-0.39, 0.29) is 54.9 Å². The first-order chi connectivity index (χ1) is 16.4. The minimum Gasteiger partial charge on any atom is -0.472 e. The van der Waals surface area contributed by atoms with Gasteiger partial charge in [-0.05, 0) is 38.8 Å². The largest absolute Gasteiger partial charge is 2.00 e. The van der Waals surface area contributed by atoms with Crippen LogP contribution in [-0.4, -0.2) is 45.5 Å². The molecule has 2 amide bonds. The van der Waals surface area contributed by atoms with Crippen molar-refractivity contribution in [2.75, 3.05) is 6.54 Å². The van der Waals surface area contributed by atoms with Crippen LogP contribution < -0.4 is 5.32 Å². The van der Waals surface area contributed by atoms with Gasteiger partial charge in [-0.15, -0.1) is 15.8 Å². The number of carbonyl (C=O) groups is 2. The van der Waals surface area contributed by atoms with E-state index >= 15 is 0 Å². The van der Waals surface area contributed by atoms with Gasteiger partial charge >= 0.3 is 31.1 Å². The van der Waals surface area contributed by atoms with E-state index in [4.69, 9.17) is 0 Å². The maximum atomic E-state index is 12.9. The van der Waals surface area contributed by atoms with Gasteiger partial charge in [0, 0.05) is 35.4 Å². The zero-order chi connectivity index (χ0) is 24.1. The molecule has 10 heteroatoms. The van der Waals surface area contributed by atoms with Gasteiger partial charge in [-0.2, -0.15) is 12.1 Å². The number of carbonyl (C=O) groups excluding carboxylic acids is 2. The van der Waals surface area contributed by atoms with E-state index in [1.54, 1.807) is 23.2 Å². The molecule has 178 valence electrons. The van der Waals surface area contributed by atoms with Crippen molar-refractivity contribution < 1.29 is 40.7 Å². The van der Waals surface area contributed by atoms with Crippen molar-refractivity contribution in [1.29, 1.82) is 0 Å². The van der Waals surface area contributed by atoms with Gasteiger partial charge in [0.05, 0.1) is 18.2 Å². The Bertz CT molecular complexity index is 1200. The third-order valence-corrected chi connectivity index (χ3v) is 7.12. The molecule has 1 aliphatic rings. The number of hydrogen-bond acceptors (Lipinski definition) is 6. The Morgan fingerprint density at radius 1 is 1.37 bits per heavy atom. The molecule has 1 aliphatic heterocycles. The number of amides is 2. The van der Waals surface area contributed by atoms with Crippen LogP contribution in [0.1, 0.15) is 30.5 Å². The number of thiazole rings is 1. The van der Waals surface area contributed by atoms with Crippen molar-refractivity contribution in [3.63, 3.8) is 0 Å². The summed E-state index contributed by atoms with van der Waals surface area (Å²) in [5.74, 6) is -0.691. The summed E-state index contributed by atoms with van der Waals surface area (Å²) in [7, 11) is 0. The molecule has 3 aromatic rings. The third kappa shape index (κ3) is 7.32. The van der Waals surface area contributed by atoms with Gasteiger partial charge in [-0.25, -0.2) is 16.7 Å². The molecule has 35 heavy (non-hydrogen) atoms. The van der Waals surface area contributed by atoms with E-state index in [9.17, 15) is 9.59 Å². The summed E-state index contributed by atoms with van der Waals surface area (Å²) in [4.78, 5) is 40.4. The molecule has 0 bridgehead atoms. The van der Waals surface area contributed by atoms with Crippen LogP contribution in [0.5, 0.6) is 0 Å². The van der Waals surface area contributed by atoms with Gasteiger partial charge in [-0.1, -0.05) is 22.1 Å². The standard InChI is InChI=1S/C25H24BrN5O2S.U/c1-16-8-9-18(12-27-16)22-15-34-23(30-22)13-29-25(33)21-7-4-10-31(17(21)2)24(32)14-28-20-6-3-5-19(26)11-20;/h3,5,8-9,11-12,15,17,21H,4,7,10,13H2,1-2H3,(H,29,33);/q-2;+2/t17-,21-;/m0./s1. The summed E-state index contributed by atoms with van der Waals surface area (Å²) in [6.07, 6.45) is 5.86. The molecule has 3 heterocycles. The molecule has 0 unspecified atom stereocenters. The van der Waals surface area contributed by atoms with Gasteiger partial charge in [0.15, 0.2) is 5.91 Å². The van der Waals surface area contributed by atoms with Crippen LogP contribution in [0.3, 0.4) is 0 Å². The first-order valence-corrected chi connectivity index (χ1v) is 12.7. The van der Waals surface area contributed by atoms with Crippen molar-refractivity contribution in [1.82, 2.24) is 20.2 Å². The molecule has 4 rings (SSSR count). The summed E-state index contributed by atoms with van der Waals surface area (Å²) in [6, 6.07) is 12.0. The fourth-order valence-corrected chi connectivity index (χ4v) is 4.97. The third-order valence-electron chi connectivity index (χ3n) is 5.78. The van der Waals surface area contributed by atoms with Gasteiger partial charge < -0.3 is 15.2 Å². The molecule has 7 nitrogen and oxygen atoms in total. The molecule has 1 fully saturated rings. The zero-order valence-electron chi connectivity index (χ0n) is 19.4. The molecule has 1 aromatic carbocycles. The number of aryl methyl sites for hydroxylation is 1. The number of aliphatic imine (C=N–C) groups is 1. The van der Waals surface area contributed by atoms with E-state index in [1.807, 2.05) is 37.4 Å². The van der Waals surface area contributed by atoms with E-state index in [0.717, 1.165) is 39.3 Å². The maximum Gasteiger partial charge on any atom is 2.00 e. The van der Waals surface area contributed by atoms with Crippen LogP contribution in [0.2, 0.25) is 0 Å². The zero-order valence-corrected chi connectivity index (χ0v) is 26.0. The van der Waals surface area contributed by atoms with Gasteiger partial charge in [-0.3, -0.25) is 20.6 Å². The van der Waals surface area contributed by atoms with Crippen molar-refractivity contribution >= 4 is 51.0 Å². The molecule has 2 atom stereocenters. The number of nitrogens with one attached hydrogen (secondary N) is 1. The first kappa shape index (κ1) is 27.7. The number of hydrogen-bond donors (Lipinski definition) is 1. The van der Waals surface area contributed by atoms with Crippen molar-refractivity contribution in [2.24, 2.45) is 10.9 Å². The number of aromatic nitrogens is 2. The van der Waals surface area contributed by atoms with Gasteiger partial charge in [0.2, 0.25) is 5.91 Å². The Kier molecular flexibility index (Phi) is 10.2. The molecular formula is C25H24BrN5O2SU. The van der Waals surface area contributed by atoms with E-state index in [1.165, 1.54) is 11.3 Å². The van der Waals surface area contributed by atoms with Crippen molar-refractivity contribution in [3.8, 4) is 11.3 Å². The Hall–Kier alpha value is -1.86. The smallest absolute Gasteiger partial charge is 0.472 e. The minimum atomic E-state index is -0.324. The molecule has 0 spiro atoms. The van der Waals surface area contributed by atoms with E-state index in [0.29, 0.717) is 18.8 Å². The Morgan fingerprint density at radius 3 is 2.94 bits per heavy atom. The predicted molar refractivity (Wildman–Crippen MR) is 136 cm³/mol. The second-order valence-corrected chi connectivity index (χ2v) is 9.99. The fraction of sp³-hybridized carbons (Fsp3) is 0.320. The van der Waals surface area contributed by atoms with Crippen molar-refractivity contribution in [3.05, 3.63) is 63.1 Å². The van der Waals surface area contributed by atoms with Crippen LogP contribution in [0.4, 0.5) is 5.69 Å². The molecule has 1 saturated heterocycles. The summed E-state index contributed by atoms with van der Waals surface area (Å²) >= 11 is 4.87. The van der Waals surface area contributed by atoms with Crippen LogP contribution >= 0.6 is 27.3 Å².